The van der Waals surface area contributed by atoms with Crippen molar-refractivity contribution in [1.29, 1.82) is 0 Å². The largest absolute Gasteiger partial charge is 0.310 e. The van der Waals surface area contributed by atoms with Gasteiger partial charge in [-0.05, 0) is 49.7 Å². The minimum atomic E-state index is -0.150. The molecule has 0 amide bonds. The fourth-order valence-corrected chi connectivity index (χ4v) is 2.67. The Hall–Kier alpha value is -1.67. The molecule has 0 fully saturated rings. The Morgan fingerprint density at radius 2 is 1.90 bits per heavy atom. The van der Waals surface area contributed by atoms with Crippen molar-refractivity contribution in [2.45, 2.75) is 39.2 Å². The molecule has 0 radical (unpaired) electrons. The average Bonchev–Trinajstić information content (AvgIpc) is 2.49. The third kappa shape index (κ3) is 3.92. The molecule has 0 aliphatic rings. The van der Waals surface area contributed by atoms with Crippen LogP contribution in [0.5, 0.6) is 0 Å². The minimum absolute atomic E-state index is 0.150. The molecule has 1 nitrogen and oxygen atoms in total. The van der Waals surface area contributed by atoms with Crippen LogP contribution in [0.1, 0.15) is 44.7 Å². The molecule has 0 spiro atoms. The summed E-state index contributed by atoms with van der Waals surface area (Å²) in [6.45, 7) is 9.17. The molecule has 112 valence electrons. The molecular weight excluding hydrogens is 261 g/mol. The second kappa shape index (κ2) is 7.37. The minimum Gasteiger partial charge on any atom is -0.310 e. The SMILES string of the molecule is C=C(C)CCC(NCCC)c1ccc(F)c2ccccc12. The van der Waals surface area contributed by atoms with Crippen LogP contribution < -0.4 is 5.32 Å². The van der Waals surface area contributed by atoms with Crippen molar-refractivity contribution in [3.8, 4) is 0 Å². The van der Waals surface area contributed by atoms with E-state index < -0.39 is 0 Å². The Bertz CT molecular complexity index is 618. The van der Waals surface area contributed by atoms with Crippen molar-refractivity contribution in [3.05, 3.63) is 59.9 Å². The van der Waals surface area contributed by atoms with Gasteiger partial charge >= 0.3 is 0 Å². The van der Waals surface area contributed by atoms with E-state index in [-0.39, 0.29) is 11.9 Å². The fraction of sp³-hybridized carbons (Fsp3) is 0.368. The van der Waals surface area contributed by atoms with Crippen LogP contribution in [0.2, 0.25) is 0 Å². The maximum atomic E-state index is 14.0. The predicted octanol–water partition coefficient (Wildman–Crippen LogP) is 5.38. The summed E-state index contributed by atoms with van der Waals surface area (Å²) >= 11 is 0. The van der Waals surface area contributed by atoms with Gasteiger partial charge < -0.3 is 5.32 Å². The van der Waals surface area contributed by atoms with E-state index >= 15 is 0 Å². The van der Waals surface area contributed by atoms with Crippen molar-refractivity contribution in [2.24, 2.45) is 0 Å². The molecule has 0 aromatic heterocycles. The fourth-order valence-electron chi connectivity index (χ4n) is 2.67. The molecule has 0 saturated carbocycles. The molecule has 2 aromatic carbocycles. The Labute approximate surface area is 126 Å². The molecule has 0 saturated heterocycles. The highest BCUT2D eigenvalue weighted by Gasteiger charge is 2.15. The van der Waals surface area contributed by atoms with E-state index in [1.807, 2.05) is 30.3 Å². The highest BCUT2D eigenvalue weighted by atomic mass is 19.1. The molecule has 0 aliphatic heterocycles. The number of benzene rings is 2. The van der Waals surface area contributed by atoms with Gasteiger partial charge in [0.05, 0.1) is 0 Å². The van der Waals surface area contributed by atoms with Crippen LogP contribution >= 0.6 is 0 Å². The topological polar surface area (TPSA) is 12.0 Å². The van der Waals surface area contributed by atoms with E-state index in [0.29, 0.717) is 5.39 Å². The molecule has 1 N–H and O–H groups in total. The average molecular weight is 285 g/mol. The van der Waals surface area contributed by atoms with Gasteiger partial charge in [0, 0.05) is 11.4 Å². The van der Waals surface area contributed by atoms with Crippen LogP contribution in [0.15, 0.2) is 48.6 Å². The maximum Gasteiger partial charge on any atom is 0.131 e. The van der Waals surface area contributed by atoms with Gasteiger partial charge in [0.25, 0.3) is 0 Å². The lowest BCUT2D eigenvalue weighted by Gasteiger charge is -2.21. The Morgan fingerprint density at radius 1 is 1.19 bits per heavy atom. The van der Waals surface area contributed by atoms with Crippen molar-refractivity contribution in [1.82, 2.24) is 5.32 Å². The number of nitrogens with one attached hydrogen (secondary N) is 1. The van der Waals surface area contributed by atoms with Gasteiger partial charge in [-0.2, -0.15) is 0 Å². The normalized spacial score (nSPS) is 12.5. The molecule has 1 unspecified atom stereocenters. The third-order valence-corrected chi connectivity index (χ3v) is 3.78. The molecule has 0 heterocycles. The van der Waals surface area contributed by atoms with Gasteiger partial charge in [0.15, 0.2) is 0 Å². The number of hydrogen-bond donors (Lipinski definition) is 1. The summed E-state index contributed by atoms with van der Waals surface area (Å²) in [7, 11) is 0. The standard InChI is InChI=1S/C19H24FN/c1-4-13-21-19(12-9-14(2)3)17-10-11-18(20)16-8-6-5-7-15(16)17/h5-8,10-11,19,21H,2,4,9,12-13H2,1,3H3. The number of allylic oxidation sites excluding steroid dienone is 1. The Morgan fingerprint density at radius 3 is 2.57 bits per heavy atom. The molecule has 0 bridgehead atoms. The predicted molar refractivity (Wildman–Crippen MR) is 89.0 cm³/mol. The molecular formula is C19H24FN. The second-order valence-corrected chi connectivity index (χ2v) is 5.68. The first-order chi connectivity index (χ1) is 10.1. The van der Waals surface area contributed by atoms with E-state index in [9.17, 15) is 4.39 Å². The van der Waals surface area contributed by atoms with E-state index in [1.165, 1.54) is 11.1 Å². The monoisotopic (exact) mass is 285 g/mol. The highest BCUT2D eigenvalue weighted by molar-refractivity contribution is 5.86. The summed E-state index contributed by atoms with van der Waals surface area (Å²) < 4.78 is 14.0. The molecule has 2 heteroatoms. The van der Waals surface area contributed by atoms with E-state index in [1.54, 1.807) is 6.07 Å². The number of halogens is 1. The van der Waals surface area contributed by atoms with Crippen molar-refractivity contribution < 1.29 is 4.39 Å². The van der Waals surface area contributed by atoms with E-state index in [4.69, 9.17) is 0 Å². The van der Waals surface area contributed by atoms with Crippen LogP contribution in [0.3, 0.4) is 0 Å². The van der Waals surface area contributed by atoms with Crippen LogP contribution in [0.25, 0.3) is 10.8 Å². The van der Waals surface area contributed by atoms with Crippen LogP contribution in [-0.4, -0.2) is 6.54 Å². The first kappa shape index (κ1) is 15.7. The smallest absolute Gasteiger partial charge is 0.131 e. The zero-order chi connectivity index (χ0) is 15.2. The molecule has 2 aromatic rings. The summed E-state index contributed by atoms with van der Waals surface area (Å²) in [4.78, 5) is 0. The van der Waals surface area contributed by atoms with Gasteiger partial charge in [-0.1, -0.05) is 42.8 Å². The number of fused-ring (bicyclic) bond motifs is 1. The third-order valence-electron chi connectivity index (χ3n) is 3.78. The zero-order valence-electron chi connectivity index (χ0n) is 13.0. The number of hydrogen-bond acceptors (Lipinski definition) is 1. The van der Waals surface area contributed by atoms with E-state index in [0.717, 1.165) is 31.2 Å². The second-order valence-electron chi connectivity index (χ2n) is 5.68. The van der Waals surface area contributed by atoms with Gasteiger partial charge in [-0.3, -0.25) is 0 Å². The molecule has 21 heavy (non-hydrogen) atoms. The zero-order valence-corrected chi connectivity index (χ0v) is 13.0. The van der Waals surface area contributed by atoms with Crippen molar-refractivity contribution in [3.63, 3.8) is 0 Å². The molecule has 1 atom stereocenters. The number of rotatable bonds is 7. The lowest BCUT2D eigenvalue weighted by atomic mass is 9.94. The molecule has 2 rings (SSSR count). The van der Waals surface area contributed by atoms with Crippen molar-refractivity contribution >= 4 is 10.8 Å². The summed E-state index contributed by atoms with van der Waals surface area (Å²) in [6, 6.07) is 11.5. The van der Waals surface area contributed by atoms with Crippen LogP contribution in [-0.2, 0) is 0 Å². The van der Waals surface area contributed by atoms with Crippen molar-refractivity contribution in [2.75, 3.05) is 6.54 Å². The first-order valence-electron chi connectivity index (χ1n) is 7.68. The summed E-state index contributed by atoms with van der Waals surface area (Å²) in [5.74, 6) is -0.150. The lowest BCUT2D eigenvalue weighted by Crippen LogP contribution is -2.22. The van der Waals surface area contributed by atoms with Gasteiger partial charge in [-0.25, -0.2) is 4.39 Å². The van der Waals surface area contributed by atoms with Crippen LogP contribution in [0.4, 0.5) is 4.39 Å². The first-order valence-corrected chi connectivity index (χ1v) is 7.68. The Balaban J connectivity index is 2.38. The summed E-state index contributed by atoms with van der Waals surface area (Å²) in [5.41, 5.74) is 2.37. The summed E-state index contributed by atoms with van der Waals surface area (Å²) in [5, 5.41) is 5.30. The van der Waals surface area contributed by atoms with Gasteiger partial charge in [0.1, 0.15) is 5.82 Å². The summed E-state index contributed by atoms with van der Waals surface area (Å²) in [6.07, 6.45) is 3.06. The van der Waals surface area contributed by atoms with Gasteiger partial charge in [0.2, 0.25) is 0 Å². The van der Waals surface area contributed by atoms with Gasteiger partial charge in [-0.15, -0.1) is 6.58 Å². The van der Waals surface area contributed by atoms with E-state index in [2.05, 4.69) is 25.7 Å². The quantitative estimate of drug-likeness (QED) is 0.674. The van der Waals surface area contributed by atoms with Crippen LogP contribution in [0, 0.1) is 5.82 Å². The lowest BCUT2D eigenvalue weighted by molar-refractivity contribution is 0.501. The maximum absolute atomic E-state index is 14.0. The molecule has 0 aliphatic carbocycles. The highest BCUT2D eigenvalue weighted by Crippen LogP contribution is 2.29. The Kier molecular flexibility index (Phi) is 5.51.